The van der Waals surface area contributed by atoms with Crippen molar-refractivity contribution >= 4 is 41.0 Å². The SMILES string of the molecule is CC(=O)NCCN(C(=O)COc1cc(Cl)ccc1Cl)C(C)C(=O)O. The molecule has 0 saturated carbocycles. The van der Waals surface area contributed by atoms with Gasteiger partial charge in [-0.05, 0) is 19.1 Å². The first kappa shape index (κ1) is 20.1. The summed E-state index contributed by atoms with van der Waals surface area (Å²) in [4.78, 5) is 35.4. The molecule has 0 aliphatic rings. The fourth-order valence-electron chi connectivity index (χ4n) is 1.83. The molecule has 0 bridgehead atoms. The van der Waals surface area contributed by atoms with Crippen LogP contribution >= 0.6 is 23.2 Å². The molecule has 0 spiro atoms. The number of nitrogens with zero attached hydrogens (tertiary/aromatic N) is 1. The van der Waals surface area contributed by atoms with Crippen molar-refractivity contribution in [1.82, 2.24) is 10.2 Å². The summed E-state index contributed by atoms with van der Waals surface area (Å²) in [7, 11) is 0. The van der Waals surface area contributed by atoms with E-state index in [-0.39, 0.29) is 29.8 Å². The molecule has 0 saturated heterocycles. The van der Waals surface area contributed by atoms with Gasteiger partial charge in [-0.3, -0.25) is 9.59 Å². The predicted octanol–water partition coefficient (Wildman–Crippen LogP) is 1.81. The van der Waals surface area contributed by atoms with E-state index in [1.807, 2.05) is 0 Å². The van der Waals surface area contributed by atoms with Gasteiger partial charge in [0.05, 0.1) is 5.02 Å². The van der Waals surface area contributed by atoms with Crippen LogP contribution in [0, 0.1) is 0 Å². The normalized spacial score (nSPS) is 11.5. The number of aliphatic carboxylic acids is 1. The lowest BCUT2D eigenvalue weighted by molar-refractivity contribution is -0.150. The van der Waals surface area contributed by atoms with Crippen molar-refractivity contribution in [3.05, 3.63) is 28.2 Å². The van der Waals surface area contributed by atoms with E-state index in [1.54, 1.807) is 6.07 Å². The molecule has 1 rings (SSSR count). The van der Waals surface area contributed by atoms with E-state index in [0.29, 0.717) is 5.02 Å². The van der Waals surface area contributed by atoms with E-state index in [1.165, 1.54) is 26.0 Å². The molecule has 1 aromatic rings. The van der Waals surface area contributed by atoms with E-state index >= 15 is 0 Å². The fraction of sp³-hybridized carbons (Fsp3) is 0.400. The number of halogens is 2. The molecular weight excluding hydrogens is 359 g/mol. The standard InChI is InChI=1S/C15H18Cl2N2O5/c1-9(15(22)23)19(6-5-18-10(2)20)14(21)8-24-13-7-11(16)3-4-12(13)17/h3-4,7,9H,5-6,8H2,1-2H3,(H,18,20)(H,22,23). The first-order valence-corrected chi connectivity index (χ1v) is 7.82. The van der Waals surface area contributed by atoms with Gasteiger partial charge in [0.25, 0.3) is 5.91 Å². The van der Waals surface area contributed by atoms with E-state index < -0.39 is 24.5 Å². The summed E-state index contributed by atoms with van der Waals surface area (Å²) in [5.41, 5.74) is 0. The minimum atomic E-state index is -1.16. The second-order valence-corrected chi connectivity index (χ2v) is 5.79. The Morgan fingerprint density at radius 3 is 2.58 bits per heavy atom. The van der Waals surface area contributed by atoms with Crippen LogP contribution < -0.4 is 10.1 Å². The summed E-state index contributed by atoms with van der Waals surface area (Å²) in [5.74, 6) is -1.76. The van der Waals surface area contributed by atoms with Crippen molar-refractivity contribution in [2.75, 3.05) is 19.7 Å². The maximum absolute atomic E-state index is 12.3. The fourth-order valence-corrected chi connectivity index (χ4v) is 2.16. The number of ether oxygens (including phenoxy) is 1. The molecule has 1 aromatic carbocycles. The van der Waals surface area contributed by atoms with Crippen molar-refractivity contribution in [2.24, 2.45) is 0 Å². The number of carbonyl (C=O) groups excluding carboxylic acids is 2. The number of nitrogens with one attached hydrogen (secondary N) is 1. The van der Waals surface area contributed by atoms with Gasteiger partial charge < -0.3 is 20.1 Å². The number of rotatable bonds is 8. The maximum atomic E-state index is 12.3. The van der Waals surface area contributed by atoms with Crippen molar-refractivity contribution in [3.8, 4) is 5.75 Å². The smallest absolute Gasteiger partial charge is 0.326 e. The molecule has 0 heterocycles. The summed E-state index contributed by atoms with van der Waals surface area (Å²) >= 11 is 11.8. The number of carbonyl (C=O) groups is 3. The van der Waals surface area contributed by atoms with E-state index in [0.717, 1.165) is 4.90 Å². The van der Waals surface area contributed by atoms with E-state index in [4.69, 9.17) is 33.0 Å². The molecule has 0 aliphatic carbocycles. The van der Waals surface area contributed by atoms with Crippen molar-refractivity contribution in [3.63, 3.8) is 0 Å². The van der Waals surface area contributed by atoms with Crippen LogP contribution in [0.3, 0.4) is 0 Å². The highest BCUT2D eigenvalue weighted by atomic mass is 35.5. The Balaban J connectivity index is 2.74. The zero-order chi connectivity index (χ0) is 18.3. The average Bonchev–Trinajstić information content (AvgIpc) is 2.51. The van der Waals surface area contributed by atoms with Gasteiger partial charge in [-0.25, -0.2) is 4.79 Å². The van der Waals surface area contributed by atoms with Crippen LogP contribution in [0.5, 0.6) is 5.75 Å². The lowest BCUT2D eigenvalue weighted by Crippen LogP contribution is -2.48. The number of carboxylic acid groups (broad SMARTS) is 1. The number of carboxylic acids is 1. The second-order valence-electron chi connectivity index (χ2n) is 4.95. The molecular formula is C15H18Cl2N2O5. The van der Waals surface area contributed by atoms with Gasteiger partial charge >= 0.3 is 5.97 Å². The number of hydrogen-bond donors (Lipinski definition) is 2. The largest absolute Gasteiger partial charge is 0.482 e. The zero-order valence-electron chi connectivity index (χ0n) is 13.2. The summed E-state index contributed by atoms with van der Waals surface area (Å²) in [6.45, 7) is 2.48. The molecule has 0 radical (unpaired) electrons. The molecule has 1 atom stereocenters. The Labute approximate surface area is 149 Å². The Hall–Kier alpha value is -1.99. The third kappa shape index (κ3) is 6.25. The molecule has 2 N–H and O–H groups in total. The lowest BCUT2D eigenvalue weighted by atomic mass is 10.2. The van der Waals surface area contributed by atoms with Crippen LogP contribution in [-0.2, 0) is 14.4 Å². The van der Waals surface area contributed by atoms with Gasteiger partial charge in [0.15, 0.2) is 6.61 Å². The zero-order valence-corrected chi connectivity index (χ0v) is 14.7. The van der Waals surface area contributed by atoms with Crippen LogP contribution in [0.1, 0.15) is 13.8 Å². The molecule has 24 heavy (non-hydrogen) atoms. The quantitative estimate of drug-likeness (QED) is 0.721. The van der Waals surface area contributed by atoms with Gasteiger partial charge in [0.2, 0.25) is 5.91 Å². The number of benzene rings is 1. The minimum absolute atomic E-state index is 0.0402. The van der Waals surface area contributed by atoms with Crippen molar-refractivity contribution in [2.45, 2.75) is 19.9 Å². The highest BCUT2D eigenvalue weighted by molar-refractivity contribution is 6.34. The van der Waals surface area contributed by atoms with Crippen LogP contribution in [0.15, 0.2) is 18.2 Å². The average molecular weight is 377 g/mol. The van der Waals surface area contributed by atoms with Crippen molar-refractivity contribution < 1.29 is 24.2 Å². The molecule has 0 aromatic heterocycles. The number of hydrogen-bond acceptors (Lipinski definition) is 4. The summed E-state index contributed by atoms with van der Waals surface area (Å²) < 4.78 is 5.33. The molecule has 9 heteroatoms. The second kappa shape index (κ2) is 9.34. The van der Waals surface area contributed by atoms with Gasteiger partial charge in [-0.1, -0.05) is 23.2 Å². The lowest BCUT2D eigenvalue weighted by Gasteiger charge is -2.26. The minimum Gasteiger partial charge on any atom is -0.482 e. The molecule has 1 unspecified atom stereocenters. The Morgan fingerprint density at radius 1 is 1.33 bits per heavy atom. The molecule has 0 fully saturated rings. The third-order valence-electron chi connectivity index (χ3n) is 3.12. The summed E-state index contributed by atoms with van der Waals surface area (Å²) in [6.07, 6.45) is 0. The van der Waals surface area contributed by atoms with E-state index in [2.05, 4.69) is 5.32 Å². The van der Waals surface area contributed by atoms with Gasteiger partial charge in [0, 0.05) is 31.1 Å². The van der Waals surface area contributed by atoms with Crippen LogP contribution in [-0.4, -0.2) is 53.5 Å². The molecule has 0 aliphatic heterocycles. The van der Waals surface area contributed by atoms with Gasteiger partial charge in [0.1, 0.15) is 11.8 Å². The molecule has 132 valence electrons. The van der Waals surface area contributed by atoms with Gasteiger partial charge in [-0.15, -0.1) is 0 Å². The topological polar surface area (TPSA) is 95.9 Å². The highest BCUT2D eigenvalue weighted by Crippen LogP contribution is 2.27. The van der Waals surface area contributed by atoms with Crippen molar-refractivity contribution in [1.29, 1.82) is 0 Å². The molecule has 2 amide bonds. The van der Waals surface area contributed by atoms with Crippen LogP contribution in [0.4, 0.5) is 0 Å². The van der Waals surface area contributed by atoms with Gasteiger partial charge in [-0.2, -0.15) is 0 Å². The Kier molecular flexibility index (Phi) is 7.81. The first-order valence-electron chi connectivity index (χ1n) is 7.07. The Morgan fingerprint density at radius 2 is 2.00 bits per heavy atom. The first-order chi connectivity index (χ1) is 11.2. The maximum Gasteiger partial charge on any atom is 0.326 e. The van der Waals surface area contributed by atoms with Crippen LogP contribution in [0.25, 0.3) is 0 Å². The molecule has 7 nitrogen and oxygen atoms in total. The van der Waals surface area contributed by atoms with E-state index in [9.17, 15) is 14.4 Å². The summed E-state index contributed by atoms with van der Waals surface area (Å²) in [5, 5.41) is 12.3. The third-order valence-corrected chi connectivity index (χ3v) is 3.66. The highest BCUT2D eigenvalue weighted by Gasteiger charge is 2.25. The van der Waals surface area contributed by atoms with Crippen LogP contribution in [0.2, 0.25) is 10.0 Å². The Bertz CT molecular complexity index is 624. The number of amides is 2. The predicted molar refractivity (Wildman–Crippen MR) is 89.5 cm³/mol. The monoisotopic (exact) mass is 376 g/mol. The summed E-state index contributed by atoms with van der Waals surface area (Å²) in [6, 6.07) is 3.49.